The monoisotopic (exact) mass is 271 g/mol. The maximum Gasteiger partial charge on any atom is 0.119 e. The summed E-state index contributed by atoms with van der Waals surface area (Å²) in [4.78, 5) is 0. The summed E-state index contributed by atoms with van der Waals surface area (Å²) in [5.74, 6) is 1.76. The molecular formula is C17H21NO2. The van der Waals surface area contributed by atoms with Gasteiger partial charge in [0.15, 0.2) is 0 Å². The lowest BCUT2D eigenvalue weighted by Gasteiger charge is -2.19. The number of rotatable bonds is 7. The number of likely N-dealkylation sites (N-methyl/N-ethyl adjacent to an activating group) is 1. The Morgan fingerprint density at radius 1 is 0.950 bits per heavy atom. The highest BCUT2D eigenvalue weighted by molar-refractivity contribution is 5.29. The van der Waals surface area contributed by atoms with Gasteiger partial charge in [0.05, 0.1) is 13.2 Å². The van der Waals surface area contributed by atoms with Crippen LogP contribution in [0.2, 0.25) is 0 Å². The van der Waals surface area contributed by atoms with Gasteiger partial charge in [0, 0.05) is 0 Å². The van der Waals surface area contributed by atoms with Crippen molar-refractivity contribution in [2.75, 3.05) is 20.3 Å². The smallest absolute Gasteiger partial charge is 0.119 e. The molecular weight excluding hydrogens is 250 g/mol. The van der Waals surface area contributed by atoms with Gasteiger partial charge in [-0.2, -0.15) is 0 Å². The molecule has 0 aromatic heterocycles. The van der Waals surface area contributed by atoms with Gasteiger partial charge in [0.1, 0.15) is 18.1 Å². The predicted octanol–water partition coefficient (Wildman–Crippen LogP) is 3.42. The molecule has 2 rings (SSSR count). The van der Waals surface area contributed by atoms with Crippen molar-refractivity contribution in [1.82, 2.24) is 5.32 Å². The average Bonchev–Trinajstić information content (AvgIpc) is 2.52. The van der Waals surface area contributed by atoms with Gasteiger partial charge in [-0.05, 0) is 36.4 Å². The van der Waals surface area contributed by atoms with Crippen LogP contribution >= 0.6 is 0 Å². The third-order valence-corrected chi connectivity index (χ3v) is 3.13. The van der Waals surface area contributed by atoms with E-state index in [0.29, 0.717) is 6.61 Å². The topological polar surface area (TPSA) is 30.5 Å². The SMILES string of the molecule is CCNC(COc1ccccc1)c1ccc(OC)cc1. The lowest BCUT2D eigenvalue weighted by Crippen LogP contribution is -2.26. The van der Waals surface area contributed by atoms with E-state index in [2.05, 4.69) is 24.4 Å². The largest absolute Gasteiger partial charge is 0.497 e. The molecule has 0 radical (unpaired) electrons. The van der Waals surface area contributed by atoms with Crippen molar-refractivity contribution in [2.45, 2.75) is 13.0 Å². The fourth-order valence-electron chi connectivity index (χ4n) is 2.05. The second-order valence-electron chi connectivity index (χ2n) is 4.51. The molecule has 0 heterocycles. The molecule has 3 nitrogen and oxygen atoms in total. The summed E-state index contributed by atoms with van der Waals surface area (Å²) < 4.78 is 11.0. The van der Waals surface area contributed by atoms with Crippen LogP contribution in [0.4, 0.5) is 0 Å². The van der Waals surface area contributed by atoms with Crippen LogP contribution in [0.1, 0.15) is 18.5 Å². The molecule has 0 amide bonds. The molecule has 1 unspecified atom stereocenters. The van der Waals surface area contributed by atoms with Crippen LogP contribution in [0.5, 0.6) is 11.5 Å². The zero-order valence-corrected chi connectivity index (χ0v) is 12.0. The van der Waals surface area contributed by atoms with E-state index in [0.717, 1.165) is 18.0 Å². The van der Waals surface area contributed by atoms with Crippen molar-refractivity contribution in [3.63, 3.8) is 0 Å². The first-order valence-corrected chi connectivity index (χ1v) is 6.88. The Kier molecular flexibility index (Phi) is 5.44. The van der Waals surface area contributed by atoms with Crippen molar-refractivity contribution >= 4 is 0 Å². The van der Waals surface area contributed by atoms with Gasteiger partial charge in [-0.15, -0.1) is 0 Å². The molecule has 1 atom stereocenters. The van der Waals surface area contributed by atoms with E-state index in [-0.39, 0.29) is 6.04 Å². The zero-order valence-electron chi connectivity index (χ0n) is 12.0. The van der Waals surface area contributed by atoms with Gasteiger partial charge in [0.2, 0.25) is 0 Å². The molecule has 1 N–H and O–H groups in total. The van der Waals surface area contributed by atoms with Crippen LogP contribution in [-0.2, 0) is 0 Å². The van der Waals surface area contributed by atoms with E-state index in [9.17, 15) is 0 Å². The highest BCUT2D eigenvalue weighted by Crippen LogP contribution is 2.19. The molecule has 0 aliphatic rings. The minimum Gasteiger partial charge on any atom is -0.497 e. The molecule has 0 aliphatic heterocycles. The number of hydrogen-bond acceptors (Lipinski definition) is 3. The molecule has 2 aromatic rings. The van der Waals surface area contributed by atoms with Gasteiger partial charge >= 0.3 is 0 Å². The predicted molar refractivity (Wildman–Crippen MR) is 81.3 cm³/mol. The standard InChI is InChI=1S/C17H21NO2/c1-3-18-17(13-20-16-7-5-4-6-8-16)14-9-11-15(19-2)12-10-14/h4-12,17-18H,3,13H2,1-2H3. The maximum atomic E-state index is 5.84. The first-order valence-electron chi connectivity index (χ1n) is 6.88. The Bertz CT molecular complexity index is 496. The summed E-state index contributed by atoms with van der Waals surface area (Å²) in [5.41, 5.74) is 1.20. The first-order chi connectivity index (χ1) is 9.83. The fraction of sp³-hybridized carbons (Fsp3) is 0.294. The van der Waals surface area contributed by atoms with Gasteiger partial charge in [-0.25, -0.2) is 0 Å². The summed E-state index contributed by atoms with van der Waals surface area (Å²) in [6, 6.07) is 18.1. The summed E-state index contributed by atoms with van der Waals surface area (Å²) in [6.07, 6.45) is 0. The molecule has 0 fully saturated rings. The fourth-order valence-corrected chi connectivity index (χ4v) is 2.05. The Morgan fingerprint density at radius 2 is 1.65 bits per heavy atom. The molecule has 20 heavy (non-hydrogen) atoms. The molecule has 0 saturated heterocycles. The third kappa shape index (κ3) is 4.00. The first kappa shape index (κ1) is 14.4. The Labute approximate surface area is 120 Å². The van der Waals surface area contributed by atoms with Crippen molar-refractivity contribution in [2.24, 2.45) is 0 Å². The van der Waals surface area contributed by atoms with Crippen molar-refractivity contribution in [1.29, 1.82) is 0 Å². The van der Waals surface area contributed by atoms with Crippen LogP contribution in [0.3, 0.4) is 0 Å². The van der Waals surface area contributed by atoms with Crippen LogP contribution in [-0.4, -0.2) is 20.3 Å². The molecule has 2 aromatic carbocycles. The zero-order chi connectivity index (χ0) is 14.2. The second-order valence-corrected chi connectivity index (χ2v) is 4.51. The van der Waals surface area contributed by atoms with Crippen LogP contribution in [0.25, 0.3) is 0 Å². The van der Waals surface area contributed by atoms with Gasteiger partial charge in [0.25, 0.3) is 0 Å². The lowest BCUT2D eigenvalue weighted by molar-refractivity contribution is 0.268. The number of nitrogens with one attached hydrogen (secondary N) is 1. The number of ether oxygens (including phenoxy) is 2. The average molecular weight is 271 g/mol. The van der Waals surface area contributed by atoms with Crippen LogP contribution in [0, 0.1) is 0 Å². The Balaban J connectivity index is 2.02. The van der Waals surface area contributed by atoms with Crippen LogP contribution < -0.4 is 14.8 Å². The van der Waals surface area contributed by atoms with Crippen molar-refractivity contribution < 1.29 is 9.47 Å². The molecule has 0 saturated carbocycles. The highest BCUT2D eigenvalue weighted by atomic mass is 16.5. The Morgan fingerprint density at radius 3 is 2.25 bits per heavy atom. The van der Waals surface area contributed by atoms with E-state index < -0.39 is 0 Å². The molecule has 3 heteroatoms. The third-order valence-electron chi connectivity index (χ3n) is 3.13. The number of benzene rings is 2. The molecule has 0 spiro atoms. The summed E-state index contributed by atoms with van der Waals surface area (Å²) >= 11 is 0. The van der Waals surface area contributed by atoms with Crippen molar-refractivity contribution in [3.05, 3.63) is 60.2 Å². The minimum absolute atomic E-state index is 0.172. The van der Waals surface area contributed by atoms with E-state index >= 15 is 0 Å². The lowest BCUT2D eigenvalue weighted by atomic mass is 10.1. The van der Waals surface area contributed by atoms with Crippen molar-refractivity contribution in [3.8, 4) is 11.5 Å². The minimum atomic E-state index is 0.172. The van der Waals surface area contributed by atoms with E-state index in [1.807, 2.05) is 42.5 Å². The molecule has 106 valence electrons. The molecule has 0 bridgehead atoms. The Hall–Kier alpha value is -2.00. The van der Waals surface area contributed by atoms with E-state index in [1.165, 1.54) is 5.56 Å². The van der Waals surface area contributed by atoms with Gasteiger partial charge in [-0.1, -0.05) is 37.3 Å². The van der Waals surface area contributed by atoms with Gasteiger partial charge in [-0.3, -0.25) is 0 Å². The normalized spacial score (nSPS) is 11.9. The molecule has 0 aliphatic carbocycles. The summed E-state index contributed by atoms with van der Waals surface area (Å²) in [6.45, 7) is 3.60. The van der Waals surface area contributed by atoms with Crippen LogP contribution in [0.15, 0.2) is 54.6 Å². The van der Waals surface area contributed by atoms with Gasteiger partial charge < -0.3 is 14.8 Å². The summed E-state index contributed by atoms with van der Waals surface area (Å²) in [5, 5.41) is 3.44. The number of para-hydroxylation sites is 1. The number of methoxy groups -OCH3 is 1. The summed E-state index contributed by atoms with van der Waals surface area (Å²) in [7, 11) is 1.68. The maximum absolute atomic E-state index is 5.84. The quantitative estimate of drug-likeness (QED) is 0.837. The van der Waals surface area contributed by atoms with E-state index in [1.54, 1.807) is 7.11 Å². The number of hydrogen-bond donors (Lipinski definition) is 1. The second kappa shape index (κ2) is 7.56. The highest BCUT2D eigenvalue weighted by Gasteiger charge is 2.11. The van der Waals surface area contributed by atoms with E-state index in [4.69, 9.17) is 9.47 Å².